The first-order valence-corrected chi connectivity index (χ1v) is 11.9. The number of carbonyl (C=O) groups excluding carboxylic acids is 2. The van der Waals surface area contributed by atoms with E-state index in [2.05, 4.69) is 5.32 Å². The van der Waals surface area contributed by atoms with E-state index in [1.807, 2.05) is 42.5 Å². The molecule has 1 N–H and O–H groups in total. The van der Waals surface area contributed by atoms with Gasteiger partial charge in [0, 0.05) is 6.04 Å². The van der Waals surface area contributed by atoms with E-state index in [9.17, 15) is 9.59 Å². The molecule has 9 nitrogen and oxygen atoms in total. The van der Waals surface area contributed by atoms with Gasteiger partial charge in [-0.25, -0.2) is 9.59 Å². The summed E-state index contributed by atoms with van der Waals surface area (Å²) < 4.78 is 26.8. The maximum absolute atomic E-state index is 13.2. The molecule has 0 saturated carbocycles. The van der Waals surface area contributed by atoms with Gasteiger partial charge in [-0.3, -0.25) is 0 Å². The Morgan fingerprint density at radius 3 is 2.31 bits per heavy atom. The minimum Gasteiger partial charge on any atom is -0.497 e. The molecule has 0 aliphatic carbocycles. The van der Waals surface area contributed by atoms with Crippen LogP contribution in [0, 0.1) is 0 Å². The third-order valence-electron chi connectivity index (χ3n) is 6.68. The second-order valence-corrected chi connectivity index (χ2v) is 8.57. The van der Waals surface area contributed by atoms with E-state index < -0.39 is 5.97 Å². The van der Waals surface area contributed by atoms with E-state index in [0.717, 1.165) is 23.3 Å². The molecule has 0 radical (unpaired) electrons. The fraction of sp³-hybridized carbons (Fsp3) is 0.407. The summed E-state index contributed by atoms with van der Waals surface area (Å²) in [6.07, 6.45) is 2.05. The highest BCUT2D eigenvalue weighted by atomic mass is 16.5. The number of fused-ring (bicyclic) bond motifs is 2. The molecule has 2 amide bonds. The Morgan fingerprint density at radius 1 is 0.917 bits per heavy atom. The summed E-state index contributed by atoms with van der Waals surface area (Å²) in [7, 11) is 6.13. The predicted octanol–water partition coefficient (Wildman–Crippen LogP) is 3.66. The molecule has 1 saturated heterocycles. The van der Waals surface area contributed by atoms with Gasteiger partial charge >= 0.3 is 12.0 Å². The second-order valence-electron chi connectivity index (χ2n) is 8.57. The van der Waals surface area contributed by atoms with Crippen LogP contribution in [0.1, 0.15) is 24.8 Å². The van der Waals surface area contributed by atoms with Gasteiger partial charge in [0.25, 0.3) is 0 Å². The van der Waals surface area contributed by atoms with Crippen molar-refractivity contribution in [2.45, 2.75) is 31.3 Å². The summed E-state index contributed by atoms with van der Waals surface area (Å²) in [4.78, 5) is 27.9. The van der Waals surface area contributed by atoms with Crippen LogP contribution in [-0.2, 0) is 9.53 Å². The molecule has 2 aromatic rings. The molecule has 192 valence electrons. The first-order valence-electron chi connectivity index (χ1n) is 11.9. The van der Waals surface area contributed by atoms with Gasteiger partial charge in [0.05, 0.1) is 46.6 Å². The number of rotatable bonds is 9. The third-order valence-corrected chi connectivity index (χ3v) is 6.68. The van der Waals surface area contributed by atoms with Gasteiger partial charge in [0.15, 0.2) is 11.5 Å². The average molecular weight is 497 g/mol. The number of urea groups is 1. The van der Waals surface area contributed by atoms with Crippen molar-refractivity contribution in [1.29, 1.82) is 0 Å². The fourth-order valence-corrected chi connectivity index (χ4v) is 4.98. The molecule has 2 aliphatic rings. The van der Waals surface area contributed by atoms with Gasteiger partial charge in [-0.1, -0.05) is 6.07 Å². The number of hydrogen-bond acceptors (Lipinski definition) is 7. The summed E-state index contributed by atoms with van der Waals surface area (Å²) in [5.74, 6) is 2.21. The maximum Gasteiger partial charge on any atom is 0.336 e. The lowest BCUT2D eigenvalue weighted by Crippen LogP contribution is -2.51. The standard InChI is InChI=1S/C27H32N2O7/c1-32-19-7-9-20(10-8-19)36-14-13-28-27(31)29-18-6-11-22(29)25(26(30)35-4)21(16-18)17-5-12-23(33-2)24(15-17)34-3/h5,7-10,12,15,18,22H,6,11,13-14,16H2,1-4H3,(H,28,31)/t18-,22+/m0/s1. The number of methoxy groups -OCH3 is 4. The maximum atomic E-state index is 13.2. The molecule has 0 aromatic heterocycles. The number of nitrogens with zero attached hydrogens (tertiary/aromatic N) is 1. The minimum absolute atomic E-state index is 0.0194. The van der Waals surface area contributed by atoms with Crippen LogP contribution in [0.4, 0.5) is 4.79 Å². The van der Waals surface area contributed by atoms with E-state index in [-0.39, 0.29) is 18.1 Å². The van der Waals surface area contributed by atoms with Crippen LogP contribution in [0.15, 0.2) is 48.0 Å². The second kappa shape index (κ2) is 11.2. The number of ether oxygens (including phenoxy) is 5. The molecule has 2 aliphatic heterocycles. The summed E-state index contributed by atoms with van der Waals surface area (Å²) in [5, 5.41) is 2.94. The van der Waals surface area contributed by atoms with Crippen molar-refractivity contribution in [3.8, 4) is 23.0 Å². The molecule has 2 aromatic carbocycles. The number of hydrogen-bond donors (Lipinski definition) is 1. The Morgan fingerprint density at radius 2 is 1.64 bits per heavy atom. The molecule has 0 spiro atoms. The van der Waals surface area contributed by atoms with Crippen LogP contribution in [0.5, 0.6) is 23.0 Å². The van der Waals surface area contributed by atoms with E-state index >= 15 is 0 Å². The number of benzene rings is 2. The zero-order valence-corrected chi connectivity index (χ0v) is 21.0. The summed E-state index contributed by atoms with van der Waals surface area (Å²) in [5.41, 5.74) is 2.25. The van der Waals surface area contributed by atoms with Gasteiger partial charge in [-0.15, -0.1) is 0 Å². The predicted molar refractivity (Wildman–Crippen MR) is 134 cm³/mol. The Bertz CT molecular complexity index is 1130. The number of esters is 1. The van der Waals surface area contributed by atoms with Crippen LogP contribution in [0.3, 0.4) is 0 Å². The van der Waals surface area contributed by atoms with E-state index in [1.165, 1.54) is 7.11 Å². The molecule has 36 heavy (non-hydrogen) atoms. The molecule has 2 heterocycles. The van der Waals surface area contributed by atoms with Crippen LogP contribution >= 0.6 is 0 Å². The fourth-order valence-electron chi connectivity index (χ4n) is 4.98. The third kappa shape index (κ3) is 5.05. The molecule has 0 unspecified atom stereocenters. The molecular formula is C27H32N2O7. The van der Waals surface area contributed by atoms with Crippen molar-refractivity contribution in [3.63, 3.8) is 0 Å². The molecule has 9 heteroatoms. The Labute approximate surface area is 210 Å². The summed E-state index contributed by atoms with van der Waals surface area (Å²) >= 11 is 0. The first kappa shape index (κ1) is 25.2. The Kier molecular flexibility index (Phi) is 7.87. The van der Waals surface area contributed by atoms with Crippen LogP contribution in [0.25, 0.3) is 5.57 Å². The lowest BCUT2D eigenvalue weighted by molar-refractivity contribution is -0.136. The minimum atomic E-state index is -0.425. The zero-order chi connectivity index (χ0) is 25.7. The highest BCUT2D eigenvalue weighted by Crippen LogP contribution is 2.44. The molecule has 4 rings (SSSR count). The van der Waals surface area contributed by atoms with Crippen molar-refractivity contribution in [3.05, 3.63) is 53.6 Å². The normalized spacial score (nSPS) is 18.5. The lowest BCUT2D eigenvalue weighted by atomic mass is 9.88. The molecule has 2 atom stereocenters. The number of carbonyl (C=O) groups is 2. The highest BCUT2D eigenvalue weighted by Gasteiger charge is 2.46. The molecule has 2 bridgehead atoms. The van der Waals surface area contributed by atoms with Gasteiger partial charge in [-0.05, 0) is 66.8 Å². The van der Waals surface area contributed by atoms with E-state index in [1.54, 1.807) is 26.2 Å². The van der Waals surface area contributed by atoms with E-state index in [4.69, 9.17) is 23.7 Å². The largest absolute Gasteiger partial charge is 0.497 e. The Balaban J connectivity index is 1.48. The van der Waals surface area contributed by atoms with Gasteiger partial charge in [0.1, 0.15) is 18.1 Å². The topological polar surface area (TPSA) is 95.6 Å². The van der Waals surface area contributed by atoms with Gasteiger partial charge in [0.2, 0.25) is 0 Å². The van der Waals surface area contributed by atoms with Crippen molar-refractivity contribution >= 4 is 17.6 Å². The van der Waals surface area contributed by atoms with E-state index in [0.29, 0.717) is 48.8 Å². The van der Waals surface area contributed by atoms with Crippen molar-refractivity contribution in [2.24, 2.45) is 0 Å². The average Bonchev–Trinajstić information content (AvgIpc) is 3.23. The molecular weight excluding hydrogens is 464 g/mol. The van der Waals surface area contributed by atoms with Crippen LogP contribution in [-0.4, -0.2) is 70.6 Å². The highest BCUT2D eigenvalue weighted by molar-refractivity contribution is 6.01. The monoisotopic (exact) mass is 496 g/mol. The van der Waals surface area contributed by atoms with Crippen molar-refractivity contribution in [1.82, 2.24) is 10.2 Å². The molecule has 1 fully saturated rings. The first-order chi connectivity index (χ1) is 17.5. The van der Waals surface area contributed by atoms with Crippen molar-refractivity contribution < 1.29 is 33.3 Å². The van der Waals surface area contributed by atoms with Crippen LogP contribution < -0.4 is 24.3 Å². The Hall–Kier alpha value is -3.88. The van der Waals surface area contributed by atoms with Crippen molar-refractivity contribution in [2.75, 3.05) is 41.6 Å². The SMILES string of the molecule is COC(=O)C1=C(c2ccc(OC)c(OC)c2)C[C@@H]2CC[C@H]1N2C(=O)NCCOc1ccc(OC)cc1. The lowest BCUT2D eigenvalue weighted by Gasteiger charge is -2.37. The smallest absolute Gasteiger partial charge is 0.336 e. The number of amides is 2. The quantitative estimate of drug-likeness (QED) is 0.418. The zero-order valence-electron chi connectivity index (χ0n) is 21.0. The number of nitrogens with one attached hydrogen (secondary N) is 1. The summed E-state index contributed by atoms with van der Waals surface area (Å²) in [6, 6.07) is 12.3. The summed E-state index contributed by atoms with van der Waals surface area (Å²) in [6.45, 7) is 0.651. The van der Waals surface area contributed by atoms with Gasteiger partial charge in [-0.2, -0.15) is 0 Å². The van der Waals surface area contributed by atoms with Crippen LogP contribution in [0.2, 0.25) is 0 Å². The van der Waals surface area contributed by atoms with Gasteiger partial charge < -0.3 is 33.9 Å².